The lowest BCUT2D eigenvalue weighted by Crippen LogP contribution is -2.25. The molecule has 0 radical (unpaired) electrons. The van der Waals surface area contributed by atoms with E-state index in [0.717, 1.165) is 18.0 Å². The molecular weight excluding hydrogens is 278 g/mol. The molecule has 1 saturated heterocycles. The first-order chi connectivity index (χ1) is 9.99. The number of hydrogen-bond acceptors (Lipinski definition) is 3. The van der Waals surface area contributed by atoms with E-state index in [0.29, 0.717) is 5.41 Å². The van der Waals surface area contributed by atoms with Crippen LogP contribution in [0.5, 0.6) is 0 Å². The lowest BCUT2D eigenvalue weighted by Gasteiger charge is -2.29. The van der Waals surface area contributed by atoms with Crippen molar-refractivity contribution in [2.75, 3.05) is 19.7 Å². The number of aliphatic hydroxyl groups excluding tert-OH is 1. The molecule has 1 fully saturated rings. The second-order valence-electron chi connectivity index (χ2n) is 7.03. The summed E-state index contributed by atoms with van der Waals surface area (Å²) < 4.78 is 0. The van der Waals surface area contributed by atoms with Gasteiger partial charge in [0, 0.05) is 22.4 Å². The van der Waals surface area contributed by atoms with Crippen LogP contribution >= 0.6 is 11.3 Å². The molecule has 0 aromatic carbocycles. The first-order valence-electron chi connectivity index (χ1n) is 7.88. The number of hydrogen-bond donors (Lipinski definition) is 1. The molecule has 2 rings (SSSR count). The summed E-state index contributed by atoms with van der Waals surface area (Å²) in [5.74, 6) is 6.54. The molecule has 116 valence electrons. The van der Waals surface area contributed by atoms with E-state index in [-0.39, 0.29) is 6.61 Å². The van der Waals surface area contributed by atoms with Gasteiger partial charge in [-0.1, -0.05) is 32.6 Å². The van der Waals surface area contributed by atoms with Gasteiger partial charge in [0.2, 0.25) is 0 Å². The van der Waals surface area contributed by atoms with E-state index < -0.39 is 0 Å². The summed E-state index contributed by atoms with van der Waals surface area (Å²) in [6.45, 7) is 10.5. The van der Waals surface area contributed by atoms with Crippen LogP contribution in [0, 0.1) is 23.2 Å². The van der Waals surface area contributed by atoms with Crippen LogP contribution in [0.2, 0.25) is 0 Å². The zero-order chi connectivity index (χ0) is 15.3. The van der Waals surface area contributed by atoms with Gasteiger partial charge in [0.05, 0.1) is 0 Å². The van der Waals surface area contributed by atoms with Crippen molar-refractivity contribution in [2.45, 2.75) is 46.6 Å². The van der Waals surface area contributed by atoms with E-state index in [2.05, 4.69) is 49.0 Å². The Balaban J connectivity index is 1.90. The van der Waals surface area contributed by atoms with Gasteiger partial charge >= 0.3 is 0 Å². The van der Waals surface area contributed by atoms with E-state index in [1.807, 2.05) is 0 Å². The lowest BCUT2D eigenvalue weighted by molar-refractivity contribution is 0.207. The summed E-state index contributed by atoms with van der Waals surface area (Å²) in [7, 11) is 0. The fraction of sp³-hybridized carbons (Fsp3) is 0.667. The second-order valence-corrected chi connectivity index (χ2v) is 8.03. The Labute approximate surface area is 133 Å². The third-order valence-corrected chi connectivity index (χ3v) is 5.31. The SMILES string of the molecule is CC(C)(C)C1CCCN(Cc2cc(C#CCO)cs2)CC1. The standard InChI is InChI=1S/C18H27NOS/c1-18(2,3)16-7-4-9-19(10-8-16)13-17-12-15(14-21-17)6-5-11-20/h12,14,16,20H,4,7-11,13H2,1-3H3. The van der Waals surface area contributed by atoms with Crippen LogP contribution in [-0.4, -0.2) is 29.7 Å². The Bertz CT molecular complexity index is 503. The first-order valence-corrected chi connectivity index (χ1v) is 8.76. The van der Waals surface area contributed by atoms with E-state index in [1.54, 1.807) is 11.3 Å². The molecule has 1 N–H and O–H groups in total. The molecule has 3 heteroatoms. The van der Waals surface area contributed by atoms with Crippen molar-refractivity contribution >= 4 is 11.3 Å². The van der Waals surface area contributed by atoms with Gasteiger partial charge in [0.25, 0.3) is 0 Å². The largest absolute Gasteiger partial charge is 0.384 e. The summed E-state index contributed by atoms with van der Waals surface area (Å²) in [6, 6.07) is 2.17. The van der Waals surface area contributed by atoms with Gasteiger partial charge in [-0.25, -0.2) is 0 Å². The van der Waals surface area contributed by atoms with E-state index >= 15 is 0 Å². The molecule has 0 spiro atoms. The molecule has 21 heavy (non-hydrogen) atoms. The van der Waals surface area contributed by atoms with E-state index in [4.69, 9.17) is 5.11 Å². The average Bonchev–Trinajstić information content (AvgIpc) is 2.71. The number of aliphatic hydroxyl groups is 1. The van der Waals surface area contributed by atoms with Crippen LogP contribution in [-0.2, 0) is 6.54 Å². The smallest absolute Gasteiger partial charge is 0.104 e. The highest BCUT2D eigenvalue weighted by atomic mass is 32.1. The van der Waals surface area contributed by atoms with Crippen LogP contribution in [0.1, 0.15) is 50.5 Å². The molecular formula is C18H27NOS. The fourth-order valence-electron chi connectivity index (χ4n) is 3.07. The van der Waals surface area contributed by atoms with Crippen molar-refractivity contribution in [3.05, 3.63) is 21.9 Å². The van der Waals surface area contributed by atoms with Crippen LogP contribution in [0.25, 0.3) is 0 Å². The summed E-state index contributed by atoms with van der Waals surface area (Å²) in [4.78, 5) is 3.97. The number of thiophene rings is 1. The molecule has 1 aromatic rings. The minimum atomic E-state index is -0.0640. The average molecular weight is 305 g/mol. The predicted molar refractivity (Wildman–Crippen MR) is 90.4 cm³/mol. The van der Waals surface area contributed by atoms with Gasteiger partial charge in [0.15, 0.2) is 0 Å². The zero-order valence-electron chi connectivity index (χ0n) is 13.5. The van der Waals surface area contributed by atoms with Gasteiger partial charge in [-0.05, 0) is 49.8 Å². The second kappa shape index (κ2) is 7.45. The van der Waals surface area contributed by atoms with Crippen LogP contribution in [0.15, 0.2) is 11.4 Å². The van der Waals surface area contributed by atoms with Gasteiger partial charge in [-0.15, -0.1) is 11.3 Å². The molecule has 1 aliphatic rings. The lowest BCUT2D eigenvalue weighted by atomic mass is 9.77. The molecule has 1 atom stereocenters. The number of nitrogens with zero attached hydrogens (tertiary/aromatic N) is 1. The summed E-state index contributed by atoms with van der Waals surface area (Å²) in [5.41, 5.74) is 1.47. The number of likely N-dealkylation sites (tertiary alicyclic amines) is 1. The molecule has 2 heterocycles. The van der Waals surface area contributed by atoms with Crippen molar-refractivity contribution in [1.82, 2.24) is 4.90 Å². The Morgan fingerprint density at radius 3 is 2.86 bits per heavy atom. The van der Waals surface area contributed by atoms with Gasteiger partial charge in [-0.2, -0.15) is 0 Å². The molecule has 0 aliphatic carbocycles. The van der Waals surface area contributed by atoms with Gasteiger partial charge < -0.3 is 5.11 Å². The maximum absolute atomic E-state index is 8.74. The molecule has 0 bridgehead atoms. The quantitative estimate of drug-likeness (QED) is 0.841. The Morgan fingerprint density at radius 2 is 2.14 bits per heavy atom. The molecule has 0 amide bonds. The zero-order valence-corrected chi connectivity index (χ0v) is 14.3. The Kier molecular flexibility index (Phi) is 5.87. The summed E-state index contributed by atoms with van der Waals surface area (Å²) in [5, 5.41) is 10.8. The fourth-order valence-corrected chi connectivity index (χ4v) is 3.93. The maximum atomic E-state index is 8.74. The highest BCUT2D eigenvalue weighted by molar-refractivity contribution is 7.10. The highest BCUT2D eigenvalue weighted by Crippen LogP contribution is 2.34. The normalized spacial score (nSPS) is 20.7. The van der Waals surface area contributed by atoms with Crippen molar-refractivity contribution in [3.63, 3.8) is 0 Å². The van der Waals surface area contributed by atoms with Crippen LogP contribution < -0.4 is 0 Å². The minimum absolute atomic E-state index is 0.0640. The van der Waals surface area contributed by atoms with Crippen molar-refractivity contribution in [3.8, 4) is 11.8 Å². The highest BCUT2D eigenvalue weighted by Gasteiger charge is 2.27. The molecule has 2 nitrogen and oxygen atoms in total. The monoisotopic (exact) mass is 305 g/mol. The molecule has 0 saturated carbocycles. The Hall–Kier alpha value is -0.820. The van der Waals surface area contributed by atoms with Crippen molar-refractivity contribution in [2.24, 2.45) is 11.3 Å². The van der Waals surface area contributed by atoms with E-state index in [9.17, 15) is 0 Å². The predicted octanol–water partition coefficient (Wildman–Crippen LogP) is 3.74. The van der Waals surface area contributed by atoms with Crippen LogP contribution in [0.4, 0.5) is 0 Å². The van der Waals surface area contributed by atoms with Crippen molar-refractivity contribution in [1.29, 1.82) is 0 Å². The van der Waals surface area contributed by atoms with Gasteiger partial charge in [0.1, 0.15) is 6.61 Å². The van der Waals surface area contributed by atoms with Crippen LogP contribution in [0.3, 0.4) is 0 Å². The topological polar surface area (TPSA) is 23.5 Å². The number of rotatable bonds is 2. The summed E-state index contributed by atoms with van der Waals surface area (Å²) in [6.07, 6.45) is 3.98. The van der Waals surface area contributed by atoms with Crippen molar-refractivity contribution < 1.29 is 5.11 Å². The molecule has 1 aliphatic heterocycles. The van der Waals surface area contributed by atoms with Gasteiger partial charge in [-0.3, -0.25) is 4.90 Å². The summed E-state index contributed by atoms with van der Waals surface area (Å²) >= 11 is 1.78. The first kappa shape index (κ1) is 16.5. The third-order valence-electron chi connectivity index (χ3n) is 4.39. The maximum Gasteiger partial charge on any atom is 0.104 e. The molecule has 1 aromatic heterocycles. The Morgan fingerprint density at radius 1 is 1.33 bits per heavy atom. The van der Waals surface area contributed by atoms with E-state index in [1.165, 1.54) is 37.2 Å². The minimum Gasteiger partial charge on any atom is -0.384 e. The third kappa shape index (κ3) is 5.14. The molecule has 1 unspecified atom stereocenters.